The molecule has 1 atom stereocenters. The Bertz CT molecular complexity index is 408. The zero-order chi connectivity index (χ0) is 13.3. The third-order valence-corrected chi connectivity index (χ3v) is 3.66. The summed E-state index contributed by atoms with van der Waals surface area (Å²) in [5, 5.41) is 2.16. The van der Waals surface area contributed by atoms with Crippen molar-refractivity contribution in [1.29, 1.82) is 0 Å². The number of hydrazine groups is 1. The van der Waals surface area contributed by atoms with Crippen LogP contribution in [0.15, 0.2) is 24.3 Å². The lowest BCUT2D eigenvalue weighted by molar-refractivity contribution is 0.233. The number of benzene rings is 1. The molecule has 0 spiro atoms. The summed E-state index contributed by atoms with van der Waals surface area (Å²) in [5.41, 5.74) is 6.23. The van der Waals surface area contributed by atoms with Crippen LogP contribution in [0.4, 0.5) is 5.69 Å². The van der Waals surface area contributed by atoms with Crippen molar-refractivity contribution in [2.24, 2.45) is 0 Å². The molecule has 0 aliphatic carbocycles. The van der Waals surface area contributed by atoms with Gasteiger partial charge in [-0.15, -0.1) is 0 Å². The minimum Gasteiger partial charge on any atom is -0.362 e. The fraction of sp³-hybridized carbons (Fsp3) is 0.600. The summed E-state index contributed by atoms with van der Waals surface area (Å²) in [4.78, 5) is 2.57. The second-order valence-electron chi connectivity index (χ2n) is 6.13. The van der Waals surface area contributed by atoms with Gasteiger partial charge in [0.15, 0.2) is 0 Å². The molecule has 0 fully saturated rings. The van der Waals surface area contributed by atoms with E-state index in [-0.39, 0.29) is 5.54 Å². The number of anilines is 1. The normalized spacial score (nSPS) is 19.4. The summed E-state index contributed by atoms with van der Waals surface area (Å²) in [6, 6.07) is 9.33. The van der Waals surface area contributed by atoms with Crippen LogP contribution in [0.1, 0.15) is 26.3 Å². The molecule has 0 saturated carbocycles. The molecule has 1 unspecified atom stereocenters. The van der Waals surface area contributed by atoms with Gasteiger partial charge in [0, 0.05) is 30.9 Å². The Morgan fingerprint density at radius 3 is 2.61 bits per heavy atom. The van der Waals surface area contributed by atoms with Crippen molar-refractivity contribution in [2.75, 3.05) is 25.5 Å². The molecule has 3 heteroatoms. The number of nitrogens with one attached hydrogen (secondary N) is 1. The Morgan fingerprint density at radius 2 is 2.00 bits per heavy atom. The molecule has 18 heavy (non-hydrogen) atoms. The summed E-state index contributed by atoms with van der Waals surface area (Å²) in [6.45, 7) is 7.91. The first-order valence-electron chi connectivity index (χ1n) is 6.69. The maximum atomic E-state index is 3.20. The van der Waals surface area contributed by atoms with E-state index in [2.05, 4.69) is 67.4 Å². The average molecular weight is 247 g/mol. The zero-order valence-electron chi connectivity index (χ0n) is 12.2. The molecule has 100 valence electrons. The maximum Gasteiger partial charge on any atom is 0.0477 e. The standard InChI is InChI=1S/C15H25N3/c1-15(2,3)18-13(11-17(5)16-4)10-12-8-6-7-9-14(12)18/h6-9,13,16H,10-11H2,1-5H3. The van der Waals surface area contributed by atoms with Crippen LogP contribution >= 0.6 is 0 Å². The summed E-state index contributed by atoms with van der Waals surface area (Å²) in [6.07, 6.45) is 1.14. The van der Waals surface area contributed by atoms with Crippen LogP contribution in [0.2, 0.25) is 0 Å². The summed E-state index contributed by atoms with van der Waals surface area (Å²) >= 11 is 0. The molecule has 0 bridgehead atoms. The van der Waals surface area contributed by atoms with Crippen LogP contribution in [-0.2, 0) is 6.42 Å². The lowest BCUT2D eigenvalue weighted by Gasteiger charge is -2.41. The summed E-state index contributed by atoms with van der Waals surface area (Å²) < 4.78 is 0. The van der Waals surface area contributed by atoms with E-state index < -0.39 is 0 Å². The fourth-order valence-electron chi connectivity index (χ4n) is 2.92. The molecule has 1 heterocycles. The Labute approximate surface area is 111 Å². The third kappa shape index (κ3) is 2.52. The Balaban J connectivity index is 2.28. The first-order valence-corrected chi connectivity index (χ1v) is 6.69. The van der Waals surface area contributed by atoms with Gasteiger partial charge in [-0.1, -0.05) is 18.2 Å². The SMILES string of the molecule is CNN(C)CC1Cc2ccccc2N1C(C)(C)C. The number of fused-ring (bicyclic) bond motifs is 1. The topological polar surface area (TPSA) is 18.5 Å². The molecule has 1 N–H and O–H groups in total. The van der Waals surface area contributed by atoms with Crippen LogP contribution in [-0.4, -0.2) is 37.2 Å². The second kappa shape index (κ2) is 4.90. The molecular formula is C15H25N3. The van der Waals surface area contributed by atoms with Gasteiger partial charge >= 0.3 is 0 Å². The highest BCUT2D eigenvalue weighted by Crippen LogP contribution is 2.37. The number of hydrogen-bond donors (Lipinski definition) is 1. The van der Waals surface area contributed by atoms with E-state index in [1.165, 1.54) is 11.3 Å². The largest absolute Gasteiger partial charge is 0.362 e. The zero-order valence-corrected chi connectivity index (χ0v) is 12.2. The van der Waals surface area contributed by atoms with Gasteiger partial charge in [-0.25, -0.2) is 5.01 Å². The number of nitrogens with zero attached hydrogens (tertiary/aromatic N) is 2. The minimum atomic E-state index is 0.159. The minimum absolute atomic E-state index is 0.159. The van der Waals surface area contributed by atoms with Crippen LogP contribution in [0.25, 0.3) is 0 Å². The monoisotopic (exact) mass is 247 g/mol. The van der Waals surface area contributed by atoms with Gasteiger partial charge < -0.3 is 4.90 Å². The highest BCUT2D eigenvalue weighted by molar-refractivity contribution is 5.61. The number of rotatable bonds is 3. The Hall–Kier alpha value is -1.06. The van der Waals surface area contributed by atoms with Crippen molar-refractivity contribution >= 4 is 5.69 Å². The molecule has 2 rings (SSSR count). The molecule has 1 aliphatic rings. The van der Waals surface area contributed by atoms with Crippen molar-refractivity contribution in [2.45, 2.75) is 38.8 Å². The van der Waals surface area contributed by atoms with Crippen LogP contribution < -0.4 is 10.3 Å². The molecule has 1 aliphatic heterocycles. The van der Waals surface area contributed by atoms with Gasteiger partial charge in [0.25, 0.3) is 0 Å². The maximum absolute atomic E-state index is 3.20. The van der Waals surface area contributed by atoms with E-state index >= 15 is 0 Å². The molecule has 0 amide bonds. The van der Waals surface area contributed by atoms with Gasteiger partial charge in [0.1, 0.15) is 0 Å². The van der Waals surface area contributed by atoms with Gasteiger partial charge in [-0.2, -0.15) is 0 Å². The molecule has 1 aromatic carbocycles. The predicted molar refractivity (Wildman–Crippen MR) is 77.9 cm³/mol. The third-order valence-electron chi connectivity index (χ3n) is 3.66. The van der Waals surface area contributed by atoms with Gasteiger partial charge in [-0.3, -0.25) is 5.43 Å². The molecule has 0 radical (unpaired) electrons. The first-order chi connectivity index (χ1) is 8.43. The van der Waals surface area contributed by atoms with E-state index in [0.717, 1.165) is 13.0 Å². The van der Waals surface area contributed by atoms with Gasteiger partial charge in [0.05, 0.1) is 0 Å². The fourth-order valence-corrected chi connectivity index (χ4v) is 2.92. The van der Waals surface area contributed by atoms with E-state index in [9.17, 15) is 0 Å². The van der Waals surface area contributed by atoms with Gasteiger partial charge in [-0.05, 0) is 45.9 Å². The smallest absolute Gasteiger partial charge is 0.0477 e. The van der Waals surface area contributed by atoms with E-state index in [0.29, 0.717) is 6.04 Å². The Morgan fingerprint density at radius 1 is 1.33 bits per heavy atom. The summed E-state index contributed by atoms with van der Waals surface area (Å²) in [7, 11) is 4.08. The van der Waals surface area contributed by atoms with Crippen LogP contribution in [0.5, 0.6) is 0 Å². The highest BCUT2D eigenvalue weighted by atomic mass is 15.5. The predicted octanol–water partition coefficient (Wildman–Crippen LogP) is 2.28. The van der Waals surface area contributed by atoms with Crippen LogP contribution in [0, 0.1) is 0 Å². The lowest BCUT2D eigenvalue weighted by Crippen LogP contribution is -2.52. The van der Waals surface area contributed by atoms with Crippen molar-refractivity contribution in [3.8, 4) is 0 Å². The second-order valence-corrected chi connectivity index (χ2v) is 6.13. The number of hydrogen-bond acceptors (Lipinski definition) is 3. The quantitative estimate of drug-likeness (QED) is 0.827. The molecule has 1 aromatic rings. The molecule has 0 aromatic heterocycles. The van der Waals surface area contributed by atoms with Crippen molar-refractivity contribution in [3.05, 3.63) is 29.8 Å². The van der Waals surface area contributed by atoms with Crippen molar-refractivity contribution < 1.29 is 0 Å². The van der Waals surface area contributed by atoms with Crippen molar-refractivity contribution in [1.82, 2.24) is 10.4 Å². The van der Waals surface area contributed by atoms with E-state index in [4.69, 9.17) is 0 Å². The average Bonchev–Trinajstić information content (AvgIpc) is 2.65. The summed E-state index contributed by atoms with van der Waals surface area (Å²) in [5.74, 6) is 0. The molecular weight excluding hydrogens is 222 g/mol. The van der Waals surface area contributed by atoms with Crippen molar-refractivity contribution in [3.63, 3.8) is 0 Å². The molecule has 3 nitrogen and oxygen atoms in total. The van der Waals surface area contributed by atoms with E-state index in [1.54, 1.807) is 0 Å². The Kier molecular flexibility index (Phi) is 3.64. The first kappa shape index (κ1) is 13.4. The lowest BCUT2D eigenvalue weighted by atomic mass is 10.0. The van der Waals surface area contributed by atoms with Gasteiger partial charge in [0.2, 0.25) is 0 Å². The highest BCUT2D eigenvalue weighted by Gasteiger charge is 2.36. The van der Waals surface area contributed by atoms with E-state index in [1.807, 2.05) is 7.05 Å². The van der Waals surface area contributed by atoms with Crippen LogP contribution in [0.3, 0.4) is 0 Å². The molecule has 0 saturated heterocycles. The number of para-hydroxylation sites is 1. The number of likely N-dealkylation sites (N-methyl/N-ethyl adjacent to an activating group) is 1.